The number of rotatable bonds is 6. The Balaban J connectivity index is 1.27. The van der Waals surface area contributed by atoms with Gasteiger partial charge >= 0.3 is 0 Å². The monoisotopic (exact) mass is 459 g/mol. The smallest absolute Gasteiger partial charge is 0.222 e. The lowest BCUT2D eigenvalue weighted by Gasteiger charge is -2.63. The molecule has 33 heavy (non-hydrogen) atoms. The van der Waals surface area contributed by atoms with Crippen LogP contribution in [0.5, 0.6) is 0 Å². The molecular weight excluding hydrogens is 410 g/mol. The zero-order valence-electron chi connectivity index (χ0n) is 21.8. The first kappa shape index (κ1) is 24.1. The standard InChI is InChI=1S/C29H49NO3/c1-28-15-13-24-27(25(33-4)19-21-18-22(32-3)12-14-29(21,24)2)23(28)11-10-20(28)8-7-9-26(31)30-16-5-6-17-30/h20-25,27H,5-19H2,1-4H3/t20-,21-,22+,23-,24-,25+,27-,28+,29-/m0/s1. The first-order chi connectivity index (χ1) is 15.9. The molecule has 0 spiro atoms. The molecule has 0 aromatic rings. The first-order valence-corrected chi connectivity index (χ1v) is 14.2. The average Bonchev–Trinajstić information content (AvgIpc) is 3.46. The van der Waals surface area contributed by atoms with Crippen molar-refractivity contribution >= 4 is 5.91 Å². The van der Waals surface area contributed by atoms with E-state index in [9.17, 15) is 4.79 Å². The molecule has 4 aliphatic carbocycles. The molecule has 4 nitrogen and oxygen atoms in total. The van der Waals surface area contributed by atoms with Gasteiger partial charge in [0.15, 0.2) is 0 Å². The van der Waals surface area contributed by atoms with Crippen LogP contribution in [-0.4, -0.2) is 50.3 Å². The van der Waals surface area contributed by atoms with Crippen molar-refractivity contribution in [1.82, 2.24) is 4.90 Å². The van der Waals surface area contributed by atoms with Crippen LogP contribution in [0.1, 0.15) is 97.3 Å². The number of nitrogens with zero attached hydrogens (tertiary/aromatic N) is 1. The van der Waals surface area contributed by atoms with Gasteiger partial charge in [0.1, 0.15) is 0 Å². The average molecular weight is 460 g/mol. The van der Waals surface area contributed by atoms with E-state index in [4.69, 9.17) is 9.47 Å². The van der Waals surface area contributed by atoms with Crippen LogP contribution in [0.4, 0.5) is 0 Å². The summed E-state index contributed by atoms with van der Waals surface area (Å²) in [5, 5.41) is 0. The number of methoxy groups -OCH3 is 2. The quantitative estimate of drug-likeness (QED) is 0.483. The Labute approximate surface area is 202 Å². The summed E-state index contributed by atoms with van der Waals surface area (Å²) in [6.45, 7) is 7.24. The Kier molecular flexibility index (Phi) is 6.90. The highest BCUT2D eigenvalue weighted by atomic mass is 16.5. The fourth-order valence-electron chi connectivity index (χ4n) is 9.83. The van der Waals surface area contributed by atoms with Crippen LogP contribution < -0.4 is 0 Å². The Hall–Kier alpha value is -0.610. The van der Waals surface area contributed by atoms with Gasteiger partial charge in [-0.1, -0.05) is 13.8 Å². The zero-order chi connectivity index (χ0) is 23.2. The van der Waals surface area contributed by atoms with Gasteiger partial charge in [-0.2, -0.15) is 0 Å². The third-order valence-electron chi connectivity index (χ3n) is 11.8. The number of ether oxygens (including phenoxy) is 2. The number of hydrogen-bond donors (Lipinski definition) is 0. The minimum absolute atomic E-state index is 0.410. The van der Waals surface area contributed by atoms with Crippen LogP contribution in [0.2, 0.25) is 0 Å². The number of carbonyl (C=O) groups excluding carboxylic acids is 1. The summed E-state index contributed by atoms with van der Waals surface area (Å²) in [5.41, 5.74) is 0.915. The molecule has 0 radical (unpaired) electrons. The summed E-state index contributed by atoms with van der Waals surface area (Å²) in [4.78, 5) is 14.7. The summed E-state index contributed by atoms with van der Waals surface area (Å²) in [5.74, 6) is 4.30. The lowest BCUT2D eigenvalue weighted by molar-refractivity contribution is -0.182. The molecule has 0 unspecified atom stereocenters. The van der Waals surface area contributed by atoms with Gasteiger partial charge in [0.2, 0.25) is 5.91 Å². The van der Waals surface area contributed by atoms with Crippen molar-refractivity contribution in [2.75, 3.05) is 27.3 Å². The third-order valence-corrected chi connectivity index (χ3v) is 11.8. The lowest BCUT2D eigenvalue weighted by atomic mass is 9.44. The van der Waals surface area contributed by atoms with Crippen LogP contribution in [0.25, 0.3) is 0 Å². The van der Waals surface area contributed by atoms with Gasteiger partial charge < -0.3 is 14.4 Å². The molecule has 0 bridgehead atoms. The number of carbonyl (C=O) groups is 1. The highest BCUT2D eigenvalue weighted by molar-refractivity contribution is 5.76. The molecule has 4 heteroatoms. The van der Waals surface area contributed by atoms with E-state index < -0.39 is 0 Å². The van der Waals surface area contributed by atoms with E-state index in [0.29, 0.717) is 28.9 Å². The van der Waals surface area contributed by atoms with E-state index in [1.54, 1.807) is 0 Å². The second kappa shape index (κ2) is 9.45. The topological polar surface area (TPSA) is 38.8 Å². The molecule has 9 atom stereocenters. The molecule has 1 amide bonds. The number of fused-ring (bicyclic) bond motifs is 5. The van der Waals surface area contributed by atoms with Gasteiger partial charge in [-0.15, -0.1) is 0 Å². The van der Waals surface area contributed by atoms with Crippen molar-refractivity contribution in [3.8, 4) is 0 Å². The molecular formula is C29H49NO3. The number of amides is 1. The van der Waals surface area contributed by atoms with Crippen LogP contribution in [-0.2, 0) is 14.3 Å². The van der Waals surface area contributed by atoms with Crippen molar-refractivity contribution in [2.24, 2.45) is 40.4 Å². The lowest BCUT2D eigenvalue weighted by Crippen LogP contribution is -2.59. The van der Waals surface area contributed by atoms with E-state index in [2.05, 4.69) is 18.7 Å². The predicted molar refractivity (Wildman–Crippen MR) is 132 cm³/mol. The molecule has 5 aliphatic rings. The fourth-order valence-corrected chi connectivity index (χ4v) is 9.83. The minimum Gasteiger partial charge on any atom is -0.381 e. The Morgan fingerprint density at radius 2 is 1.64 bits per heavy atom. The van der Waals surface area contributed by atoms with Crippen molar-refractivity contribution in [3.05, 3.63) is 0 Å². The van der Waals surface area contributed by atoms with Gasteiger partial charge in [0.25, 0.3) is 0 Å². The maximum Gasteiger partial charge on any atom is 0.222 e. The molecule has 188 valence electrons. The Morgan fingerprint density at radius 1 is 0.909 bits per heavy atom. The highest BCUT2D eigenvalue weighted by Crippen LogP contribution is 2.68. The third kappa shape index (κ3) is 4.09. The molecule has 1 aliphatic heterocycles. The molecule has 5 rings (SSSR count). The summed E-state index contributed by atoms with van der Waals surface area (Å²) in [7, 11) is 3.87. The van der Waals surface area contributed by atoms with Crippen LogP contribution in [0, 0.1) is 40.4 Å². The number of likely N-dealkylation sites (tertiary alicyclic amines) is 1. The maximum atomic E-state index is 12.6. The van der Waals surface area contributed by atoms with Crippen LogP contribution in [0.3, 0.4) is 0 Å². The maximum absolute atomic E-state index is 12.6. The molecule has 1 saturated heterocycles. The molecule has 0 aromatic carbocycles. The van der Waals surface area contributed by atoms with Crippen molar-refractivity contribution in [1.29, 1.82) is 0 Å². The molecule has 4 saturated carbocycles. The van der Waals surface area contributed by atoms with Crippen LogP contribution >= 0.6 is 0 Å². The van der Waals surface area contributed by atoms with Crippen molar-refractivity contribution in [2.45, 2.75) is 110 Å². The zero-order valence-corrected chi connectivity index (χ0v) is 21.8. The van der Waals surface area contributed by atoms with Gasteiger partial charge in [0, 0.05) is 33.7 Å². The van der Waals surface area contributed by atoms with E-state index in [-0.39, 0.29) is 0 Å². The van der Waals surface area contributed by atoms with E-state index in [0.717, 1.165) is 55.5 Å². The fraction of sp³-hybridized carbons (Fsp3) is 0.966. The Bertz CT molecular complexity index is 705. The van der Waals surface area contributed by atoms with E-state index in [1.807, 2.05) is 14.2 Å². The summed E-state index contributed by atoms with van der Waals surface area (Å²) in [6.07, 6.45) is 16.9. The van der Waals surface area contributed by atoms with Crippen molar-refractivity contribution in [3.63, 3.8) is 0 Å². The second-order valence-corrected chi connectivity index (χ2v) is 12.9. The Morgan fingerprint density at radius 3 is 2.36 bits per heavy atom. The largest absolute Gasteiger partial charge is 0.381 e. The predicted octanol–water partition coefficient (Wildman–Crippen LogP) is 6.08. The second-order valence-electron chi connectivity index (χ2n) is 12.9. The normalized spacial score (nSPS) is 47.2. The van der Waals surface area contributed by atoms with Gasteiger partial charge in [-0.05, 0) is 117 Å². The van der Waals surface area contributed by atoms with Crippen LogP contribution in [0.15, 0.2) is 0 Å². The minimum atomic E-state index is 0.410. The van der Waals surface area contributed by atoms with Gasteiger partial charge in [-0.3, -0.25) is 4.79 Å². The molecule has 0 aromatic heterocycles. The van der Waals surface area contributed by atoms with Gasteiger partial charge in [-0.25, -0.2) is 0 Å². The molecule has 0 N–H and O–H groups in total. The summed E-state index contributed by atoms with van der Waals surface area (Å²) in [6, 6.07) is 0. The van der Waals surface area contributed by atoms with E-state index >= 15 is 0 Å². The summed E-state index contributed by atoms with van der Waals surface area (Å²) < 4.78 is 12.1. The highest BCUT2D eigenvalue weighted by Gasteiger charge is 2.62. The number of hydrogen-bond acceptors (Lipinski definition) is 3. The summed E-state index contributed by atoms with van der Waals surface area (Å²) >= 11 is 0. The van der Waals surface area contributed by atoms with Gasteiger partial charge in [0.05, 0.1) is 12.2 Å². The first-order valence-electron chi connectivity index (χ1n) is 14.2. The molecule has 1 heterocycles. The van der Waals surface area contributed by atoms with E-state index in [1.165, 1.54) is 70.6 Å². The SMILES string of the molecule is CO[C@@H]1CC[C@@]2(C)[C@@H](C1)C[C@@H](OC)[C@@H]1[C@@H]2CC[C@]2(C)[C@@H](CCCC(=O)N3CCCC3)CC[C@@H]12. The molecule has 5 fully saturated rings. The van der Waals surface area contributed by atoms with Crippen molar-refractivity contribution < 1.29 is 14.3 Å².